The summed E-state index contributed by atoms with van der Waals surface area (Å²) in [6.07, 6.45) is 0. The third-order valence-corrected chi connectivity index (χ3v) is 3.27. The second-order valence-electron chi connectivity index (χ2n) is 4.02. The first kappa shape index (κ1) is 12.5. The number of nitriles is 1. The fourth-order valence-corrected chi connectivity index (χ4v) is 1.97. The maximum absolute atomic E-state index is 8.94. The van der Waals surface area contributed by atoms with Crippen LogP contribution in [0, 0.1) is 18.3 Å². The highest BCUT2D eigenvalue weighted by Crippen LogP contribution is 2.28. The van der Waals surface area contributed by atoms with Crippen LogP contribution in [0.4, 0.5) is 17.1 Å². The number of aryl methyl sites for hydroxylation is 1. The van der Waals surface area contributed by atoms with E-state index in [-0.39, 0.29) is 0 Å². The molecule has 3 N–H and O–H groups in total. The minimum atomic E-state index is 0.476. The van der Waals surface area contributed by atoms with Gasteiger partial charge in [-0.25, -0.2) is 0 Å². The van der Waals surface area contributed by atoms with Crippen LogP contribution in [0.15, 0.2) is 40.9 Å². The molecule has 0 aliphatic carbocycles. The van der Waals surface area contributed by atoms with Gasteiger partial charge in [-0.2, -0.15) is 5.26 Å². The van der Waals surface area contributed by atoms with Crippen LogP contribution >= 0.6 is 15.9 Å². The van der Waals surface area contributed by atoms with E-state index in [2.05, 4.69) is 27.3 Å². The number of nitrogen functional groups attached to an aromatic ring is 1. The zero-order valence-electron chi connectivity index (χ0n) is 9.87. The van der Waals surface area contributed by atoms with Crippen molar-refractivity contribution in [2.24, 2.45) is 0 Å². The largest absolute Gasteiger partial charge is 0.398 e. The van der Waals surface area contributed by atoms with Crippen LogP contribution in [-0.4, -0.2) is 0 Å². The fourth-order valence-electron chi connectivity index (χ4n) is 1.62. The minimum absolute atomic E-state index is 0.476. The Labute approximate surface area is 114 Å². The zero-order valence-corrected chi connectivity index (χ0v) is 11.5. The highest BCUT2D eigenvalue weighted by Gasteiger charge is 2.03. The molecule has 0 atom stereocenters. The molecule has 0 saturated heterocycles. The Morgan fingerprint density at radius 1 is 1.22 bits per heavy atom. The fraction of sp³-hybridized carbons (Fsp3) is 0.0714. The number of hydrogen-bond acceptors (Lipinski definition) is 3. The van der Waals surface area contributed by atoms with E-state index in [1.807, 2.05) is 31.2 Å². The van der Waals surface area contributed by atoms with Gasteiger partial charge in [-0.1, -0.05) is 6.07 Å². The molecule has 0 aliphatic heterocycles. The van der Waals surface area contributed by atoms with Gasteiger partial charge in [-0.05, 0) is 58.7 Å². The van der Waals surface area contributed by atoms with E-state index in [1.165, 1.54) is 0 Å². The number of anilines is 3. The number of nitrogens with one attached hydrogen (secondary N) is 1. The van der Waals surface area contributed by atoms with Gasteiger partial charge in [0.05, 0.1) is 11.3 Å². The first-order chi connectivity index (χ1) is 8.60. The van der Waals surface area contributed by atoms with Crippen molar-refractivity contribution in [3.63, 3.8) is 0 Å². The van der Waals surface area contributed by atoms with Crippen molar-refractivity contribution >= 4 is 33.0 Å². The predicted molar refractivity (Wildman–Crippen MR) is 77.7 cm³/mol. The van der Waals surface area contributed by atoms with E-state index >= 15 is 0 Å². The topological polar surface area (TPSA) is 61.8 Å². The molecular weight excluding hydrogens is 290 g/mol. The van der Waals surface area contributed by atoms with Gasteiger partial charge in [-0.15, -0.1) is 0 Å². The molecular formula is C14H12BrN3. The smallest absolute Gasteiger partial charge is 0.101 e. The van der Waals surface area contributed by atoms with Gasteiger partial charge in [0.1, 0.15) is 6.07 Å². The highest BCUT2D eigenvalue weighted by molar-refractivity contribution is 9.10. The molecule has 2 aromatic carbocycles. The van der Waals surface area contributed by atoms with Gasteiger partial charge >= 0.3 is 0 Å². The van der Waals surface area contributed by atoms with Crippen molar-refractivity contribution in [2.45, 2.75) is 6.92 Å². The van der Waals surface area contributed by atoms with Crippen LogP contribution in [0.1, 0.15) is 11.1 Å². The van der Waals surface area contributed by atoms with Crippen molar-refractivity contribution in [2.75, 3.05) is 11.1 Å². The van der Waals surface area contributed by atoms with E-state index < -0.39 is 0 Å². The van der Waals surface area contributed by atoms with E-state index in [4.69, 9.17) is 11.0 Å². The SMILES string of the molecule is Cc1ccc(Br)c(Nc2ccc(N)c(C#N)c2)c1. The zero-order chi connectivity index (χ0) is 13.1. The van der Waals surface area contributed by atoms with Crippen molar-refractivity contribution in [3.05, 3.63) is 52.0 Å². The summed E-state index contributed by atoms with van der Waals surface area (Å²) in [7, 11) is 0. The van der Waals surface area contributed by atoms with E-state index in [9.17, 15) is 0 Å². The molecule has 0 unspecified atom stereocenters. The second-order valence-corrected chi connectivity index (χ2v) is 4.88. The average Bonchev–Trinajstić information content (AvgIpc) is 2.36. The number of halogens is 1. The Kier molecular flexibility index (Phi) is 3.54. The van der Waals surface area contributed by atoms with Gasteiger partial charge in [0.2, 0.25) is 0 Å². The molecule has 0 spiro atoms. The summed E-state index contributed by atoms with van der Waals surface area (Å²) in [6.45, 7) is 2.03. The van der Waals surface area contributed by atoms with Crippen LogP contribution in [-0.2, 0) is 0 Å². The summed E-state index contributed by atoms with van der Waals surface area (Å²) in [5.74, 6) is 0. The lowest BCUT2D eigenvalue weighted by Crippen LogP contribution is -1.95. The first-order valence-corrected chi connectivity index (χ1v) is 6.22. The standard InChI is InChI=1S/C14H12BrN3/c1-9-2-4-12(15)14(6-9)18-11-3-5-13(17)10(7-11)8-16/h2-7,18H,17H2,1H3. The minimum Gasteiger partial charge on any atom is -0.398 e. The van der Waals surface area contributed by atoms with Gasteiger partial charge in [0, 0.05) is 15.8 Å². The normalized spacial score (nSPS) is 9.83. The molecule has 0 fully saturated rings. The molecule has 0 radical (unpaired) electrons. The summed E-state index contributed by atoms with van der Waals surface area (Å²) in [6, 6.07) is 13.4. The highest BCUT2D eigenvalue weighted by atomic mass is 79.9. The lowest BCUT2D eigenvalue weighted by molar-refractivity contribution is 1.42. The van der Waals surface area contributed by atoms with Crippen molar-refractivity contribution < 1.29 is 0 Å². The van der Waals surface area contributed by atoms with Crippen LogP contribution in [0.3, 0.4) is 0 Å². The van der Waals surface area contributed by atoms with E-state index in [1.54, 1.807) is 12.1 Å². The maximum atomic E-state index is 8.94. The molecule has 0 aromatic heterocycles. The van der Waals surface area contributed by atoms with Crippen LogP contribution in [0.2, 0.25) is 0 Å². The van der Waals surface area contributed by atoms with Gasteiger partial charge in [0.15, 0.2) is 0 Å². The summed E-state index contributed by atoms with van der Waals surface area (Å²) in [4.78, 5) is 0. The van der Waals surface area contributed by atoms with E-state index in [0.717, 1.165) is 21.4 Å². The van der Waals surface area contributed by atoms with Gasteiger partial charge in [-0.3, -0.25) is 0 Å². The Morgan fingerprint density at radius 3 is 2.72 bits per heavy atom. The van der Waals surface area contributed by atoms with Crippen LogP contribution < -0.4 is 11.1 Å². The summed E-state index contributed by atoms with van der Waals surface area (Å²) in [5, 5.41) is 12.2. The maximum Gasteiger partial charge on any atom is 0.101 e. The first-order valence-electron chi connectivity index (χ1n) is 5.43. The Bertz CT molecular complexity index is 629. The Hall–Kier alpha value is -1.99. The Morgan fingerprint density at radius 2 is 2.00 bits per heavy atom. The lowest BCUT2D eigenvalue weighted by Gasteiger charge is -2.10. The number of nitrogens with zero attached hydrogens (tertiary/aromatic N) is 1. The molecule has 18 heavy (non-hydrogen) atoms. The predicted octanol–water partition coefficient (Wildman–Crippen LogP) is 3.96. The molecule has 2 aromatic rings. The van der Waals surface area contributed by atoms with Crippen molar-refractivity contribution in [1.29, 1.82) is 5.26 Å². The van der Waals surface area contributed by atoms with Gasteiger partial charge < -0.3 is 11.1 Å². The third kappa shape index (κ3) is 2.63. The van der Waals surface area contributed by atoms with E-state index in [0.29, 0.717) is 11.3 Å². The molecule has 0 saturated carbocycles. The monoisotopic (exact) mass is 301 g/mol. The van der Waals surface area contributed by atoms with Crippen molar-refractivity contribution in [1.82, 2.24) is 0 Å². The number of benzene rings is 2. The Balaban J connectivity index is 2.34. The molecule has 3 nitrogen and oxygen atoms in total. The van der Waals surface area contributed by atoms with Crippen LogP contribution in [0.25, 0.3) is 0 Å². The number of hydrogen-bond donors (Lipinski definition) is 2. The third-order valence-electron chi connectivity index (χ3n) is 2.57. The van der Waals surface area contributed by atoms with Crippen LogP contribution in [0.5, 0.6) is 0 Å². The molecule has 0 heterocycles. The second kappa shape index (κ2) is 5.11. The molecule has 2 rings (SSSR count). The number of rotatable bonds is 2. The molecule has 4 heteroatoms. The molecule has 0 aliphatic rings. The lowest BCUT2D eigenvalue weighted by atomic mass is 10.1. The average molecular weight is 302 g/mol. The summed E-state index contributed by atoms with van der Waals surface area (Å²) in [5.41, 5.74) is 9.62. The van der Waals surface area contributed by atoms with Gasteiger partial charge in [0.25, 0.3) is 0 Å². The summed E-state index contributed by atoms with van der Waals surface area (Å²) >= 11 is 3.49. The molecule has 0 bridgehead atoms. The molecule has 0 amide bonds. The quantitative estimate of drug-likeness (QED) is 0.826. The summed E-state index contributed by atoms with van der Waals surface area (Å²) < 4.78 is 0.975. The van der Waals surface area contributed by atoms with Crippen molar-refractivity contribution in [3.8, 4) is 6.07 Å². The molecule has 90 valence electrons. The number of nitrogens with two attached hydrogens (primary N) is 1.